The molecule has 2 fully saturated rings. The number of ether oxygens (including phenoxy) is 1. The summed E-state index contributed by atoms with van der Waals surface area (Å²) >= 11 is 0. The Morgan fingerprint density at radius 3 is 2.46 bits per heavy atom. The first-order chi connectivity index (χ1) is 13.3. The first-order valence-electron chi connectivity index (χ1n) is 9.15. The Bertz CT molecular complexity index is 857. The predicted molar refractivity (Wildman–Crippen MR) is 91.3 cm³/mol. The second-order valence-electron chi connectivity index (χ2n) is 7.29. The summed E-state index contributed by atoms with van der Waals surface area (Å²) in [6, 6.07) is 4.94. The van der Waals surface area contributed by atoms with Crippen LogP contribution in [-0.4, -0.2) is 49.8 Å². The highest BCUT2D eigenvalue weighted by atomic mass is 19.4. The van der Waals surface area contributed by atoms with Gasteiger partial charge in [-0.25, -0.2) is 0 Å². The van der Waals surface area contributed by atoms with Crippen molar-refractivity contribution in [3.05, 3.63) is 35.7 Å². The molecule has 0 N–H and O–H groups in total. The lowest BCUT2D eigenvalue weighted by molar-refractivity contribution is -0.164. The first kappa shape index (κ1) is 18.9. The number of benzene rings is 1. The van der Waals surface area contributed by atoms with Crippen molar-refractivity contribution < 1.29 is 22.7 Å². The molecule has 10 heteroatoms. The normalized spacial score (nSPS) is 18.8. The van der Waals surface area contributed by atoms with Gasteiger partial charge in [0.15, 0.2) is 5.82 Å². The molecule has 0 amide bonds. The van der Waals surface area contributed by atoms with Gasteiger partial charge in [-0.2, -0.15) is 17.9 Å². The average molecular weight is 395 g/mol. The summed E-state index contributed by atoms with van der Waals surface area (Å²) in [6.45, 7) is 0.327. The maximum absolute atomic E-state index is 12.8. The zero-order valence-corrected chi connectivity index (χ0v) is 15.3. The monoisotopic (exact) mass is 395 g/mol. The number of rotatable bonds is 6. The first-order valence-corrected chi connectivity index (χ1v) is 9.15. The number of carbonyl (C=O) groups excluding carboxylic acids is 1. The number of halogens is 3. The van der Waals surface area contributed by atoms with Crippen molar-refractivity contribution in [3.63, 3.8) is 0 Å². The third kappa shape index (κ3) is 3.25. The van der Waals surface area contributed by atoms with Gasteiger partial charge in [-0.3, -0.25) is 9.69 Å². The van der Waals surface area contributed by atoms with Gasteiger partial charge >= 0.3 is 12.1 Å². The van der Waals surface area contributed by atoms with Gasteiger partial charge in [0.2, 0.25) is 0 Å². The van der Waals surface area contributed by atoms with Crippen molar-refractivity contribution in [2.45, 2.75) is 56.4 Å². The van der Waals surface area contributed by atoms with Gasteiger partial charge < -0.3 is 4.74 Å². The third-order valence-electron chi connectivity index (χ3n) is 5.57. The second-order valence-corrected chi connectivity index (χ2v) is 7.29. The summed E-state index contributed by atoms with van der Waals surface area (Å²) in [5, 5.41) is 11.7. The molecule has 1 aromatic heterocycles. The maximum atomic E-state index is 12.8. The van der Waals surface area contributed by atoms with Gasteiger partial charge in [0.25, 0.3) is 0 Å². The summed E-state index contributed by atoms with van der Waals surface area (Å²) in [4.78, 5) is 14.6. The molecule has 28 heavy (non-hydrogen) atoms. The SMILES string of the molecule is COC(=O)C1(N(Cc2nnnn2-c2ccc(C(F)(F)F)cc2)C2CC2)CCC1. The Hall–Kier alpha value is -2.49. The Morgan fingerprint density at radius 2 is 1.96 bits per heavy atom. The van der Waals surface area contributed by atoms with E-state index in [9.17, 15) is 18.0 Å². The summed E-state index contributed by atoms with van der Waals surface area (Å²) in [7, 11) is 1.39. The van der Waals surface area contributed by atoms with Crippen molar-refractivity contribution in [1.82, 2.24) is 25.1 Å². The van der Waals surface area contributed by atoms with Crippen molar-refractivity contribution in [3.8, 4) is 5.69 Å². The van der Waals surface area contributed by atoms with Crippen LogP contribution < -0.4 is 0 Å². The number of aromatic nitrogens is 4. The number of methoxy groups -OCH3 is 1. The topological polar surface area (TPSA) is 73.1 Å². The van der Waals surface area contributed by atoms with E-state index >= 15 is 0 Å². The van der Waals surface area contributed by atoms with Gasteiger partial charge in [0, 0.05) is 6.04 Å². The van der Waals surface area contributed by atoms with Crippen LogP contribution in [0.5, 0.6) is 0 Å². The second kappa shape index (κ2) is 6.84. The van der Waals surface area contributed by atoms with Gasteiger partial charge in [0.05, 0.1) is 24.9 Å². The third-order valence-corrected chi connectivity index (χ3v) is 5.57. The molecular weight excluding hydrogens is 375 g/mol. The summed E-state index contributed by atoms with van der Waals surface area (Å²) < 4.78 is 44.9. The number of hydrogen-bond donors (Lipinski definition) is 0. The summed E-state index contributed by atoms with van der Waals surface area (Å²) in [6.07, 6.45) is -0.0404. The van der Waals surface area contributed by atoms with Crippen LogP contribution in [0.15, 0.2) is 24.3 Å². The quantitative estimate of drug-likeness (QED) is 0.701. The zero-order valence-electron chi connectivity index (χ0n) is 15.3. The smallest absolute Gasteiger partial charge is 0.416 e. The molecule has 2 saturated carbocycles. The van der Waals surface area contributed by atoms with Gasteiger partial charge in [-0.1, -0.05) is 0 Å². The minimum absolute atomic E-state index is 0.251. The molecule has 0 radical (unpaired) electrons. The van der Waals surface area contributed by atoms with Crippen LogP contribution >= 0.6 is 0 Å². The summed E-state index contributed by atoms with van der Waals surface area (Å²) in [5.41, 5.74) is -0.957. The highest BCUT2D eigenvalue weighted by Crippen LogP contribution is 2.45. The van der Waals surface area contributed by atoms with Crippen molar-refractivity contribution in [2.24, 2.45) is 0 Å². The minimum atomic E-state index is -4.40. The molecule has 0 spiro atoms. The van der Waals surface area contributed by atoms with E-state index in [1.165, 1.54) is 23.9 Å². The number of alkyl halides is 3. The van der Waals surface area contributed by atoms with E-state index < -0.39 is 17.3 Å². The highest BCUT2D eigenvalue weighted by molar-refractivity contribution is 5.82. The van der Waals surface area contributed by atoms with Gasteiger partial charge in [-0.05, 0) is 66.8 Å². The van der Waals surface area contributed by atoms with E-state index in [1.807, 2.05) is 0 Å². The molecular formula is C18H20F3N5O2. The standard InChI is InChI=1S/C18H20F3N5O2/c1-28-16(27)17(9-2-10-17)25(13-7-8-13)11-15-22-23-24-26(15)14-5-3-12(4-6-14)18(19,20)21/h3-6,13H,2,7-11H2,1H3. The van der Waals surface area contributed by atoms with Crippen LogP contribution in [0.1, 0.15) is 43.5 Å². The average Bonchev–Trinajstić information content (AvgIpc) is 3.37. The van der Waals surface area contributed by atoms with Crippen LogP contribution in [0.2, 0.25) is 0 Å². The molecule has 0 aliphatic heterocycles. The number of esters is 1. The lowest BCUT2D eigenvalue weighted by atomic mass is 9.75. The molecule has 1 aromatic carbocycles. The zero-order chi connectivity index (χ0) is 19.9. The van der Waals surface area contributed by atoms with Crippen LogP contribution in [0, 0.1) is 0 Å². The van der Waals surface area contributed by atoms with Crippen molar-refractivity contribution in [1.29, 1.82) is 0 Å². The van der Waals surface area contributed by atoms with E-state index in [1.54, 1.807) is 0 Å². The fourth-order valence-corrected chi connectivity index (χ4v) is 3.78. The molecule has 0 saturated heterocycles. The molecule has 0 atom stereocenters. The molecule has 0 bridgehead atoms. The predicted octanol–water partition coefficient (Wildman–Crippen LogP) is 2.74. The fourth-order valence-electron chi connectivity index (χ4n) is 3.78. The largest absolute Gasteiger partial charge is 0.468 e. The van der Waals surface area contributed by atoms with Crippen LogP contribution in [-0.2, 0) is 22.3 Å². The van der Waals surface area contributed by atoms with E-state index in [0.29, 0.717) is 18.1 Å². The molecule has 1 heterocycles. The molecule has 7 nitrogen and oxygen atoms in total. The number of carbonyl (C=O) groups is 1. The lowest BCUT2D eigenvalue weighted by Crippen LogP contribution is -2.60. The number of tetrazole rings is 1. The Labute approximate surface area is 159 Å². The van der Waals surface area contributed by atoms with Crippen LogP contribution in [0.4, 0.5) is 13.2 Å². The van der Waals surface area contributed by atoms with Crippen molar-refractivity contribution >= 4 is 5.97 Å². The Balaban J connectivity index is 1.61. The molecule has 2 aliphatic carbocycles. The van der Waals surface area contributed by atoms with E-state index in [4.69, 9.17) is 4.74 Å². The summed E-state index contributed by atoms with van der Waals surface area (Å²) in [5.74, 6) is 0.223. The maximum Gasteiger partial charge on any atom is 0.416 e. The molecule has 0 unspecified atom stereocenters. The van der Waals surface area contributed by atoms with E-state index in [0.717, 1.165) is 44.2 Å². The molecule has 150 valence electrons. The van der Waals surface area contributed by atoms with E-state index in [-0.39, 0.29) is 12.0 Å². The molecule has 4 rings (SSSR count). The van der Waals surface area contributed by atoms with Gasteiger partial charge in [0.1, 0.15) is 5.54 Å². The highest BCUT2D eigenvalue weighted by Gasteiger charge is 2.54. The number of hydrogen-bond acceptors (Lipinski definition) is 6. The number of nitrogens with zero attached hydrogens (tertiary/aromatic N) is 5. The lowest BCUT2D eigenvalue weighted by Gasteiger charge is -2.47. The van der Waals surface area contributed by atoms with E-state index in [2.05, 4.69) is 20.4 Å². The fraction of sp³-hybridized carbons (Fsp3) is 0.556. The Morgan fingerprint density at radius 1 is 1.29 bits per heavy atom. The van der Waals surface area contributed by atoms with Gasteiger partial charge in [-0.15, -0.1) is 5.10 Å². The van der Waals surface area contributed by atoms with Crippen LogP contribution in [0.25, 0.3) is 5.69 Å². The van der Waals surface area contributed by atoms with Crippen LogP contribution in [0.3, 0.4) is 0 Å². The molecule has 2 aliphatic rings. The molecule has 2 aromatic rings. The Kier molecular flexibility index (Phi) is 4.60. The minimum Gasteiger partial charge on any atom is -0.468 e. The van der Waals surface area contributed by atoms with Crippen molar-refractivity contribution in [2.75, 3.05) is 7.11 Å².